The van der Waals surface area contributed by atoms with Gasteiger partial charge in [-0.15, -0.1) is 0 Å². The fraction of sp³-hybridized carbons (Fsp3) is 0.370. The number of carbonyl (C=O) groups is 1. The van der Waals surface area contributed by atoms with Gasteiger partial charge in [0, 0.05) is 38.4 Å². The van der Waals surface area contributed by atoms with Crippen LogP contribution in [0.2, 0.25) is 0 Å². The lowest BCUT2D eigenvalue weighted by molar-refractivity contribution is 0.0949. The second kappa shape index (κ2) is 11.3. The standard InChI is InChI=1S/C23H22N4O3.C4H7N.H2/c1-23(8-9-23)14-30-21-19-17(7-10-25-21)11-18(22(29)27(19)2)20(28)26-13-16-5-3-15(12-24)4-6-16;1-2-3-4-5;/h3-7,10-11H,8-9,13-14H2,1-2H3,(H,26,28);2-3H2,1H3;1H. The van der Waals surface area contributed by atoms with Crippen molar-refractivity contribution >= 4 is 16.8 Å². The molecule has 8 heteroatoms. The zero-order valence-electron chi connectivity index (χ0n) is 20.3. The number of carbonyl (C=O) groups excluding carboxylic acids is 1. The molecule has 1 fully saturated rings. The van der Waals surface area contributed by atoms with E-state index in [-0.39, 0.29) is 18.9 Å². The number of unbranched alkanes of at least 4 members (excludes halogenated alkanes) is 1. The number of hydrogen-bond donors (Lipinski definition) is 1. The van der Waals surface area contributed by atoms with E-state index in [2.05, 4.69) is 23.3 Å². The number of rotatable bonds is 7. The highest BCUT2D eigenvalue weighted by molar-refractivity contribution is 5.98. The van der Waals surface area contributed by atoms with Crippen molar-refractivity contribution in [1.29, 1.82) is 10.5 Å². The molecule has 1 aromatic carbocycles. The number of pyridine rings is 2. The number of aromatic nitrogens is 2. The van der Waals surface area contributed by atoms with Gasteiger partial charge in [-0.3, -0.25) is 9.59 Å². The lowest BCUT2D eigenvalue weighted by Gasteiger charge is -2.15. The highest BCUT2D eigenvalue weighted by Gasteiger charge is 2.38. The third kappa shape index (κ3) is 6.45. The van der Waals surface area contributed by atoms with E-state index in [0.717, 1.165) is 24.8 Å². The van der Waals surface area contributed by atoms with Gasteiger partial charge in [-0.05, 0) is 49.1 Å². The summed E-state index contributed by atoms with van der Waals surface area (Å²) in [6.07, 6.45) is 5.55. The van der Waals surface area contributed by atoms with Crippen molar-refractivity contribution in [2.24, 2.45) is 12.5 Å². The van der Waals surface area contributed by atoms with E-state index in [1.54, 1.807) is 49.6 Å². The van der Waals surface area contributed by atoms with Gasteiger partial charge in [-0.25, -0.2) is 4.98 Å². The first-order chi connectivity index (χ1) is 16.8. The van der Waals surface area contributed by atoms with Gasteiger partial charge in [-0.1, -0.05) is 26.0 Å². The van der Waals surface area contributed by atoms with Gasteiger partial charge in [0.15, 0.2) is 0 Å². The first-order valence-corrected chi connectivity index (χ1v) is 11.6. The molecule has 1 aliphatic rings. The van der Waals surface area contributed by atoms with Crippen LogP contribution in [0.25, 0.3) is 10.9 Å². The normalized spacial score (nSPS) is 13.1. The zero-order valence-corrected chi connectivity index (χ0v) is 20.3. The van der Waals surface area contributed by atoms with Gasteiger partial charge < -0.3 is 14.6 Å². The van der Waals surface area contributed by atoms with Gasteiger partial charge >= 0.3 is 0 Å². The maximum Gasteiger partial charge on any atom is 0.263 e. The lowest BCUT2D eigenvalue weighted by Crippen LogP contribution is -2.32. The number of nitriles is 2. The van der Waals surface area contributed by atoms with Gasteiger partial charge in [-0.2, -0.15) is 10.5 Å². The fourth-order valence-corrected chi connectivity index (χ4v) is 3.36. The van der Waals surface area contributed by atoms with Crippen molar-refractivity contribution in [2.75, 3.05) is 6.61 Å². The van der Waals surface area contributed by atoms with Crippen molar-refractivity contribution in [2.45, 2.75) is 46.1 Å². The van der Waals surface area contributed by atoms with Crippen LogP contribution in [0.1, 0.15) is 62.4 Å². The average Bonchev–Trinajstić information content (AvgIpc) is 3.61. The van der Waals surface area contributed by atoms with E-state index in [9.17, 15) is 9.59 Å². The van der Waals surface area contributed by atoms with Crippen LogP contribution in [0.5, 0.6) is 5.88 Å². The van der Waals surface area contributed by atoms with E-state index < -0.39 is 11.5 Å². The van der Waals surface area contributed by atoms with Crippen LogP contribution in [0.15, 0.2) is 47.4 Å². The minimum absolute atomic E-state index is 0. The minimum atomic E-state index is -0.452. The summed E-state index contributed by atoms with van der Waals surface area (Å²) in [4.78, 5) is 29.9. The van der Waals surface area contributed by atoms with E-state index in [4.69, 9.17) is 15.3 Å². The second-order valence-electron chi connectivity index (χ2n) is 8.97. The maximum absolute atomic E-state index is 12.9. The number of nitrogens with zero attached hydrogens (tertiary/aromatic N) is 4. The Balaban J connectivity index is 0.000000694. The van der Waals surface area contributed by atoms with Crippen LogP contribution in [-0.2, 0) is 13.6 Å². The van der Waals surface area contributed by atoms with Gasteiger partial charge in [0.1, 0.15) is 11.1 Å². The molecule has 35 heavy (non-hydrogen) atoms. The molecule has 1 amide bonds. The Morgan fingerprint density at radius 3 is 2.54 bits per heavy atom. The quantitative estimate of drug-likeness (QED) is 0.540. The molecule has 2 heterocycles. The molecular weight excluding hydrogens is 442 g/mol. The monoisotopic (exact) mass is 473 g/mol. The molecule has 0 radical (unpaired) electrons. The van der Waals surface area contributed by atoms with Crippen molar-refractivity contribution in [3.8, 4) is 18.0 Å². The minimum Gasteiger partial charge on any atom is -0.476 e. The summed E-state index contributed by atoms with van der Waals surface area (Å²) in [5.74, 6) is -0.0450. The van der Waals surface area contributed by atoms with E-state index in [1.165, 1.54) is 4.57 Å². The molecule has 1 N–H and O–H groups in total. The number of fused-ring (bicyclic) bond motifs is 1. The summed E-state index contributed by atoms with van der Waals surface area (Å²) < 4.78 is 7.33. The molecule has 8 nitrogen and oxygen atoms in total. The van der Waals surface area contributed by atoms with E-state index in [0.29, 0.717) is 35.4 Å². The third-order valence-corrected chi connectivity index (χ3v) is 5.90. The highest BCUT2D eigenvalue weighted by atomic mass is 16.5. The Morgan fingerprint density at radius 2 is 1.97 bits per heavy atom. The Labute approximate surface area is 206 Å². The molecule has 2 aromatic heterocycles. The predicted molar refractivity (Wildman–Crippen MR) is 135 cm³/mol. The number of hydrogen-bond acceptors (Lipinski definition) is 6. The Kier molecular flexibility index (Phi) is 8.22. The van der Waals surface area contributed by atoms with Gasteiger partial charge in [0.05, 0.1) is 24.3 Å². The first kappa shape index (κ1) is 25.5. The van der Waals surface area contributed by atoms with E-state index >= 15 is 0 Å². The topological polar surface area (TPSA) is 121 Å². The molecule has 182 valence electrons. The highest BCUT2D eigenvalue weighted by Crippen LogP contribution is 2.45. The molecule has 0 saturated heterocycles. The number of nitrogens with one attached hydrogen (secondary N) is 1. The number of ether oxygens (including phenoxy) is 1. The lowest BCUT2D eigenvalue weighted by atomic mass is 10.1. The predicted octanol–water partition coefficient (Wildman–Crippen LogP) is 4.47. The Hall–Kier alpha value is -4.17. The number of aryl methyl sites for hydroxylation is 1. The average molecular weight is 474 g/mol. The van der Waals surface area contributed by atoms with Crippen LogP contribution < -0.4 is 15.6 Å². The summed E-state index contributed by atoms with van der Waals surface area (Å²) >= 11 is 0. The van der Waals surface area contributed by atoms with Crippen LogP contribution in [0, 0.1) is 28.1 Å². The van der Waals surface area contributed by atoms with Crippen LogP contribution in [0.4, 0.5) is 0 Å². The number of amides is 1. The fourth-order valence-electron chi connectivity index (χ4n) is 3.36. The largest absolute Gasteiger partial charge is 0.476 e. The molecule has 0 aliphatic heterocycles. The van der Waals surface area contributed by atoms with E-state index in [1.807, 2.05) is 13.0 Å². The molecule has 0 atom stereocenters. The smallest absolute Gasteiger partial charge is 0.263 e. The van der Waals surface area contributed by atoms with Crippen LogP contribution in [-0.4, -0.2) is 22.1 Å². The maximum atomic E-state index is 12.9. The second-order valence-corrected chi connectivity index (χ2v) is 8.97. The SMILES string of the molecule is CCCC#N.Cn1c(=O)c(C(=O)NCc2ccc(C#N)cc2)cc2ccnc(OCC3(C)CC3)c21.[HH]. The molecule has 0 spiro atoms. The summed E-state index contributed by atoms with van der Waals surface area (Å²) in [5.41, 5.74) is 1.81. The summed E-state index contributed by atoms with van der Waals surface area (Å²) in [6, 6.07) is 14.3. The van der Waals surface area contributed by atoms with Crippen molar-refractivity contribution in [1.82, 2.24) is 14.9 Å². The molecule has 0 bridgehead atoms. The zero-order chi connectivity index (χ0) is 25.4. The first-order valence-electron chi connectivity index (χ1n) is 11.6. The molecule has 4 rings (SSSR count). The van der Waals surface area contributed by atoms with Crippen molar-refractivity contribution in [3.63, 3.8) is 0 Å². The Bertz CT molecular complexity index is 1350. The molecule has 0 unspecified atom stereocenters. The van der Waals surface area contributed by atoms with Crippen LogP contribution >= 0.6 is 0 Å². The Morgan fingerprint density at radius 1 is 1.26 bits per heavy atom. The van der Waals surface area contributed by atoms with Gasteiger partial charge in [0.25, 0.3) is 11.5 Å². The summed E-state index contributed by atoms with van der Waals surface area (Å²) in [7, 11) is 1.62. The third-order valence-electron chi connectivity index (χ3n) is 5.90. The van der Waals surface area contributed by atoms with Crippen LogP contribution in [0.3, 0.4) is 0 Å². The molecular formula is C27H31N5O3. The summed E-state index contributed by atoms with van der Waals surface area (Å²) in [5, 5.41) is 20.2. The van der Waals surface area contributed by atoms with Crippen molar-refractivity contribution in [3.05, 3.63) is 69.6 Å². The molecule has 3 aromatic rings. The molecule has 1 aliphatic carbocycles. The summed E-state index contributed by atoms with van der Waals surface area (Å²) in [6.45, 7) is 4.96. The van der Waals surface area contributed by atoms with Gasteiger partial charge in [0.2, 0.25) is 5.88 Å². The number of benzene rings is 1. The van der Waals surface area contributed by atoms with Crippen molar-refractivity contribution < 1.29 is 11.0 Å². The molecule has 1 saturated carbocycles.